The number of methoxy groups -OCH3 is 2. The van der Waals surface area contributed by atoms with E-state index in [1.165, 1.54) is 26.4 Å². The summed E-state index contributed by atoms with van der Waals surface area (Å²) in [5.74, 6) is 0.631. The highest BCUT2D eigenvalue weighted by atomic mass is 32.1. The van der Waals surface area contributed by atoms with Gasteiger partial charge in [-0.1, -0.05) is 12.1 Å². The molecule has 0 saturated heterocycles. The van der Waals surface area contributed by atoms with E-state index in [2.05, 4.69) is 20.7 Å². The summed E-state index contributed by atoms with van der Waals surface area (Å²) in [4.78, 5) is 13.2. The van der Waals surface area contributed by atoms with Crippen LogP contribution in [0.2, 0.25) is 0 Å². The molecule has 0 unspecified atom stereocenters. The topological polar surface area (TPSA) is 80.9 Å². The minimum Gasteiger partial charge on any atom is -0.497 e. The Morgan fingerprint density at radius 3 is 2.39 bits per heavy atom. The number of carbonyl (C=O) groups is 1. The Balaban J connectivity index is 1.92. The first-order chi connectivity index (χ1) is 14.8. The van der Waals surface area contributed by atoms with Crippen molar-refractivity contribution in [3.05, 3.63) is 59.3 Å². The Hall–Kier alpha value is -3.40. The quantitative estimate of drug-likeness (QED) is 0.556. The van der Waals surface area contributed by atoms with Crippen LogP contribution in [0.5, 0.6) is 17.2 Å². The Bertz CT molecular complexity index is 1010. The summed E-state index contributed by atoms with van der Waals surface area (Å²) in [6.45, 7) is -1.19. The van der Waals surface area contributed by atoms with Gasteiger partial charge >= 0.3 is 6.61 Å². The standard InChI is InChI=1S/C21H21F2N3O4S/c1-11-17(19(27)25-15-10-14(28-2)8-9-16(15)29-3)18(26-21(31)24-11)12-4-6-13(7-5-12)30-20(22)23/h4-10,18,20H,1-3H3,(H,25,27)(H2,24,26,31)/t18-/m0/s1. The Labute approximate surface area is 183 Å². The van der Waals surface area contributed by atoms with Crippen molar-refractivity contribution in [1.29, 1.82) is 0 Å². The van der Waals surface area contributed by atoms with Crippen molar-refractivity contribution in [3.63, 3.8) is 0 Å². The van der Waals surface area contributed by atoms with Gasteiger partial charge in [-0.15, -0.1) is 0 Å². The van der Waals surface area contributed by atoms with Crippen LogP contribution in [0.25, 0.3) is 0 Å². The Morgan fingerprint density at radius 2 is 1.77 bits per heavy atom. The van der Waals surface area contributed by atoms with Crippen LogP contribution in [0.3, 0.4) is 0 Å². The van der Waals surface area contributed by atoms with Crippen LogP contribution in [0, 0.1) is 0 Å². The predicted octanol–water partition coefficient (Wildman–Crippen LogP) is 3.74. The van der Waals surface area contributed by atoms with Crippen molar-refractivity contribution in [2.24, 2.45) is 0 Å². The number of halogens is 2. The second-order valence-corrected chi connectivity index (χ2v) is 6.95. The average Bonchev–Trinajstić information content (AvgIpc) is 2.73. The van der Waals surface area contributed by atoms with Crippen molar-refractivity contribution >= 4 is 28.9 Å². The second-order valence-electron chi connectivity index (χ2n) is 6.54. The van der Waals surface area contributed by atoms with E-state index in [9.17, 15) is 13.6 Å². The van der Waals surface area contributed by atoms with Crippen LogP contribution in [0.4, 0.5) is 14.5 Å². The van der Waals surface area contributed by atoms with Crippen LogP contribution in [0.15, 0.2) is 53.7 Å². The van der Waals surface area contributed by atoms with E-state index in [1.54, 1.807) is 37.3 Å². The first kappa shape index (κ1) is 22.3. The normalized spacial score (nSPS) is 15.8. The van der Waals surface area contributed by atoms with Gasteiger partial charge in [0, 0.05) is 11.8 Å². The molecule has 1 atom stereocenters. The zero-order valence-electron chi connectivity index (χ0n) is 17.0. The van der Waals surface area contributed by atoms with Gasteiger partial charge < -0.3 is 30.2 Å². The van der Waals surface area contributed by atoms with E-state index in [0.717, 1.165) is 0 Å². The predicted molar refractivity (Wildman–Crippen MR) is 116 cm³/mol. The number of ether oxygens (including phenoxy) is 3. The Morgan fingerprint density at radius 1 is 1.10 bits per heavy atom. The van der Waals surface area contributed by atoms with Crippen molar-refractivity contribution < 1.29 is 27.8 Å². The van der Waals surface area contributed by atoms with Crippen molar-refractivity contribution in [3.8, 4) is 17.2 Å². The van der Waals surface area contributed by atoms with Crippen molar-refractivity contribution in [1.82, 2.24) is 10.6 Å². The van der Waals surface area contributed by atoms with E-state index in [0.29, 0.717) is 39.1 Å². The molecule has 0 aliphatic carbocycles. The number of nitrogens with one attached hydrogen (secondary N) is 3. The largest absolute Gasteiger partial charge is 0.497 e. The summed E-state index contributed by atoms with van der Waals surface area (Å²) in [6, 6.07) is 10.4. The molecular formula is C21H21F2N3O4S. The zero-order valence-corrected chi connectivity index (χ0v) is 17.8. The highest BCUT2D eigenvalue weighted by Gasteiger charge is 2.30. The fourth-order valence-electron chi connectivity index (χ4n) is 3.19. The third-order valence-electron chi connectivity index (χ3n) is 4.61. The van der Waals surface area contributed by atoms with Crippen LogP contribution in [0.1, 0.15) is 18.5 Å². The minimum atomic E-state index is -2.92. The molecule has 0 fully saturated rings. The molecule has 1 heterocycles. The zero-order chi connectivity index (χ0) is 22.5. The number of anilines is 1. The second kappa shape index (κ2) is 9.61. The number of hydrogen-bond acceptors (Lipinski definition) is 5. The number of thiocarbonyl (C=S) groups is 1. The molecule has 1 amide bonds. The molecule has 164 valence electrons. The van der Waals surface area contributed by atoms with Gasteiger partial charge in [-0.05, 0) is 49.0 Å². The first-order valence-electron chi connectivity index (χ1n) is 9.18. The van der Waals surface area contributed by atoms with Gasteiger partial charge in [0.15, 0.2) is 5.11 Å². The van der Waals surface area contributed by atoms with Crippen LogP contribution < -0.4 is 30.2 Å². The molecule has 31 heavy (non-hydrogen) atoms. The molecule has 0 bridgehead atoms. The summed E-state index contributed by atoms with van der Waals surface area (Å²) >= 11 is 5.24. The first-order valence-corrected chi connectivity index (χ1v) is 9.59. The number of hydrogen-bond donors (Lipinski definition) is 3. The molecule has 0 saturated carbocycles. The van der Waals surface area contributed by atoms with Gasteiger partial charge in [-0.25, -0.2) is 0 Å². The molecule has 7 nitrogen and oxygen atoms in total. The molecule has 2 aromatic rings. The van der Waals surface area contributed by atoms with Crippen LogP contribution in [-0.2, 0) is 4.79 Å². The van der Waals surface area contributed by atoms with Gasteiger partial charge in [-0.2, -0.15) is 8.78 Å². The van der Waals surface area contributed by atoms with Gasteiger partial charge in [-0.3, -0.25) is 4.79 Å². The SMILES string of the molecule is COc1ccc(OC)c(NC(=O)C2=C(C)NC(=S)N[C@H]2c2ccc(OC(F)F)cc2)c1. The monoisotopic (exact) mass is 449 g/mol. The molecule has 1 aliphatic heterocycles. The van der Waals surface area contributed by atoms with Crippen LogP contribution in [-0.4, -0.2) is 31.9 Å². The smallest absolute Gasteiger partial charge is 0.387 e. The average molecular weight is 449 g/mol. The van der Waals surface area contributed by atoms with E-state index in [1.807, 2.05) is 0 Å². The molecule has 0 radical (unpaired) electrons. The van der Waals surface area contributed by atoms with Crippen LogP contribution >= 0.6 is 12.2 Å². The number of carbonyl (C=O) groups excluding carboxylic acids is 1. The number of benzene rings is 2. The highest BCUT2D eigenvalue weighted by Crippen LogP contribution is 2.32. The lowest BCUT2D eigenvalue weighted by atomic mass is 9.95. The third-order valence-corrected chi connectivity index (χ3v) is 4.83. The lowest BCUT2D eigenvalue weighted by Gasteiger charge is -2.30. The maximum atomic E-state index is 13.2. The summed E-state index contributed by atoms with van der Waals surface area (Å²) < 4.78 is 39.8. The van der Waals surface area contributed by atoms with E-state index in [-0.39, 0.29) is 5.75 Å². The molecule has 10 heteroatoms. The minimum absolute atomic E-state index is 0.0167. The Kier molecular flexibility index (Phi) is 6.91. The van der Waals surface area contributed by atoms with Crippen molar-refractivity contribution in [2.45, 2.75) is 19.6 Å². The summed E-state index contributed by atoms with van der Waals surface area (Å²) in [5.41, 5.74) is 2.01. The summed E-state index contributed by atoms with van der Waals surface area (Å²) in [5, 5.41) is 9.17. The molecule has 3 N–H and O–H groups in total. The molecule has 0 spiro atoms. The highest BCUT2D eigenvalue weighted by molar-refractivity contribution is 7.80. The summed E-state index contributed by atoms with van der Waals surface area (Å²) in [6.07, 6.45) is 0. The van der Waals surface area contributed by atoms with E-state index >= 15 is 0 Å². The fourth-order valence-corrected chi connectivity index (χ4v) is 3.46. The maximum Gasteiger partial charge on any atom is 0.387 e. The van der Waals surface area contributed by atoms with Gasteiger partial charge in [0.1, 0.15) is 17.2 Å². The number of allylic oxidation sites excluding steroid dienone is 1. The van der Waals surface area contributed by atoms with Gasteiger partial charge in [0.05, 0.1) is 31.5 Å². The van der Waals surface area contributed by atoms with Gasteiger partial charge in [0.2, 0.25) is 0 Å². The van der Waals surface area contributed by atoms with Crippen molar-refractivity contribution in [2.75, 3.05) is 19.5 Å². The number of alkyl halides is 2. The maximum absolute atomic E-state index is 13.2. The molecule has 1 aliphatic rings. The lowest BCUT2D eigenvalue weighted by Crippen LogP contribution is -2.45. The molecule has 2 aromatic carbocycles. The number of amides is 1. The number of rotatable bonds is 7. The molecule has 3 rings (SSSR count). The molecule has 0 aromatic heterocycles. The van der Waals surface area contributed by atoms with E-state index in [4.69, 9.17) is 21.7 Å². The third kappa shape index (κ3) is 5.21. The fraction of sp³-hybridized carbons (Fsp3) is 0.238. The van der Waals surface area contributed by atoms with Gasteiger partial charge in [0.25, 0.3) is 5.91 Å². The van der Waals surface area contributed by atoms with E-state index < -0.39 is 18.6 Å². The molecular weight excluding hydrogens is 428 g/mol. The summed E-state index contributed by atoms with van der Waals surface area (Å²) in [7, 11) is 3.02. The lowest BCUT2D eigenvalue weighted by molar-refractivity contribution is -0.113.